The Morgan fingerprint density at radius 1 is 1.29 bits per heavy atom. The molecule has 1 aromatic carbocycles. The van der Waals surface area contributed by atoms with Crippen molar-refractivity contribution in [3.63, 3.8) is 0 Å². The molecule has 0 aliphatic rings. The number of benzene rings is 1. The molecular weight excluding hydrogens is 271 g/mol. The summed E-state index contributed by atoms with van der Waals surface area (Å²) < 4.78 is 12.5. The number of amides is 1. The molecule has 0 saturated carbocycles. The third-order valence-electron chi connectivity index (χ3n) is 3.19. The van der Waals surface area contributed by atoms with Gasteiger partial charge < -0.3 is 5.32 Å². The van der Waals surface area contributed by atoms with Gasteiger partial charge in [-0.3, -0.25) is 14.6 Å². The van der Waals surface area contributed by atoms with Gasteiger partial charge in [0, 0.05) is 11.3 Å². The first kappa shape index (κ1) is 14.8. The number of rotatable bonds is 4. The molecule has 2 aromatic rings. The Labute approximate surface area is 122 Å². The van der Waals surface area contributed by atoms with Crippen molar-refractivity contribution in [2.24, 2.45) is 0 Å². The molecule has 21 heavy (non-hydrogen) atoms. The minimum Gasteiger partial charge on any atom is -0.322 e. The zero-order chi connectivity index (χ0) is 15.4. The Balaban J connectivity index is 2.23. The molecule has 0 saturated heterocycles. The monoisotopic (exact) mass is 286 g/mol. The summed E-state index contributed by atoms with van der Waals surface area (Å²) in [5.74, 6) is -0.342. The first-order valence-corrected chi connectivity index (χ1v) is 6.45. The van der Waals surface area contributed by atoms with Crippen molar-refractivity contribution in [3.8, 4) is 0 Å². The average Bonchev–Trinajstić information content (AvgIpc) is 2.48. The molecule has 1 aromatic heterocycles. The summed E-state index contributed by atoms with van der Waals surface area (Å²) in [5, 5.41) is 2.71. The first-order valence-electron chi connectivity index (χ1n) is 6.45. The van der Waals surface area contributed by atoms with E-state index in [1.165, 1.54) is 6.07 Å². The molecule has 0 bridgehead atoms. The van der Waals surface area contributed by atoms with Crippen LogP contribution in [0.1, 0.15) is 37.7 Å². The number of nitrogens with one attached hydrogen (secondary N) is 1. The van der Waals surface area contributed by atoms with Gasteiger partial charge in [0.1, 0.15) is 13.0 Å². The zero-order valence-electron chi connectivity index (χ0n) is 11.8. The van der Waals surface area contributed by atoms with Gasteiger partial charge in [-0.15, -0.1) is 0 Å². The fourth-order valence-electron chi connectivity index (χ4n) is 1.97. The molecule has 0 unspecified atom stereocenters. The number of anilines is 1. The van der Waals surface area contributed by atoms with Crippen LogP contribution in [0.4, 0.5) is 10.1 Å². The number of nitrogens with zero attached hydrogens (tertiary/aromatic N) is 1. The lowest BCUT2D eigenvalue weighted by Gasteiger charge is -2.09. The van der Waals surface area contributed by atoms with Gasteiger partial charge in [0.15, 0.2) is 0 Å². The van der Waals surface area contributed by atoms with Crippen LogP contribution in [-0.2, 0) is 6.67 Å². The Hall–Kier alpha value is -2.56. The summed E-state index contributed by atoms with van der Waals surface area (Å²) in [6, 6.07) is 8.11. The Kier molecular flexibility index (Phi) is 4.42. The molecule has 0 fully saturated rings. The van der Waals surface area contributed by atoms with Gasteiger partial charge in [-0.25, -0.2) is 4.39 Å². The van der Waals surface area contributed by atoms with Crippen LogP contribution >= 0.6 is 0 Å². The Morgan fingerprint density at radius 3 is 2.67 bits per heavy atom. The summed E-state index contributed by atoms with van der Waals surface area (Å²) in [6.07, 6.45) is 0.744. The van der Waals surface area contributed by atoms with Crippen LogP contribution in [0.3, 0.4) is 0 Å². The second-order valence-electron chi connectivity index (χ2n) is 4.71. The van der Waals surface area contributed by atoms with E-state index >= 15 is 0 Å². The summed E-state index contributed by atoms with van der Waals surface area (Å²) in [7, 11) is 0. The van der Waals surface area contributed by atoms with E-state index in [2.05, 4.69) is 10.3 Å². The van der Waals surface area contributed by atoms with Crippen LogP contribution < -0.4 is 5.32 Å². The molecule has 4 nitrogen and oxygen atoms in total. The van der Waals surface area contributed by atoms with E-state index in [0.717, 1.165) is 11.8 Å². The molecule has 2 rings (SSSR count). The van der Waals surface area contributed by atoms with E-state index < -0.39 is 6.67 Å². The molecule has 1 heterocycles. The highest BCUT2D eigenvalue weighted by atomic mass is 19.1. The minimum atomic E-state index is -0.663. The molecule has 0 spiro atoms. The predicted octanol–water partition coefficient (Wildman–Crippen LogP) is 3.23. The Bertz CT molecular complexity index is 699. The molecule has 1 N–H and O–H groups in total. The molecule has 1 amide bonds. The van der Waals surface area contributed by atoms with Crippen LogP contribution in [0, 0.1) is 13.8 Å². The van der Waals surface area contributed by atoms with E-state index in [-0.39, 0.29) is 5.91 Å². The summed E-state index contributed by atoms with van der Waals surface area (Å²) in [4.78, 5) is 27.1. The second kappa shape index (κ2) is 6.26. The largest absolute Gasteiger partial charge is 0.322 e. The van der Waals surface area contributed by atoms with Gasteiger partial charge in [-0.05, 0) is 43.7 Å². The van der Waals surface area contributed by atoms with Crippen molar-refractivity contribution >= 4 is 17.9 Å². The lowest BCUT2D eigenvalue weighted by atomic mass is 10.1. The Morgan fingerprint density at radius 2 is 2.05 bits per heavy atom. The van der Waals surface area contributed by atoms with Gasteiger partial charge in [-0.1, -0.05) is 6.07 Å². The smallest absolute Gasteiger partial charge is 0.257 e. The lowest BCUT2D eigenvalue weighted by Crippen LogP contribution is -2.14. The summed E-state index contributed by atoms with van der Waals surface area (Å²) in [6.45, 7) is 2.81. The average molecular weight is 286 g/mol. The third kappa shape index (κ3) is 3.31. The number of carbonyl (C=O) groups is 2. The van der Waals surface area contributed by atoms with Crippen molar-refractivity contribution < 1.29 is 14.0 Å². The molecule has 0 radical (unpaired) electrons. The minimum absolute atomic E-state index is 0.294. The first-order chi connectivity index (χ1) is 10.0. The van der Waals surface area contributed by atoms with Crippen LogP contribution in [0.5, 0.6) is 0 Å². The van der Waals surface area contributed by atoms with Gasteiger partial charge in [0.05, 0.1) is 17.0 Å². The quantitative estimate of drug-likeness (QED) is 0.878. The van der Waals surface area contributed by atoms with Gasteiger partial charge in [-0.2, -0.15) is 0 Å². The van der Waals surface area contributed by atoms with E-state index in [0.29, 0.717) is 28.2 Å². The molecule has 0 atom stereocenters. The van der Waals surface area contributed by atoms with Crippen molar-refractivity contribution in [2.75, 3.05) is 5.32 Å². The van der Waals surface area contributed by atoms with Crippen LogP contribution in [0.2, 0.25) is 0 Å². The van der Waals surface area contributed by atoms with Crippen LogP contribution in [0.15, 0.2) is 30.3 Å². The highest BCUT2D eigenvalue weighted by Gasteiger charge is 2.11. The van der Waals surface area contributed by atoms with E-state index in [9.17, 15) is 14.0 Å². The van der Waals surface area contributed by atoms with Gasteiger partial charge in [0.25, 0.3) is 5.91 Å². The normalized spacial score (nSPS) is 10.2. The number of aryl methyl sites for hydroxylation is 2. The SMILES string of the molecule is Cc1ccc(NC(=O)c2ccc(CF)nc2C)cc1C=O. The maximum atomic E-state index is 12.5. The third-order valence-corrected chi connectivity index (χ3v) is 3.19. The van der Waals surface area contributed by atoms with E-state index in [1.54, 1.807) is 31.2 Å². The van der Waals surface area contributed by atoms with Crippen LogP contribution in [0.25, 0.3) is 0 Å². The predicted molar refractivity (Wildman–Crippen MR) is 78.3 cm³/mol. The molecular formula is C16H15FN2O2. The number of pyridine rings is 1. The number of hydrogen-bond acceptors (Lipinski definition) is 3. The number of halogens is 1. The fraction of sp³-hybridized carbons (Fsp3) is 0.188. The van der Waals surface area contributed by atoms with E-state index in [4.69, 9.17) is 0 Å². The van der Waals surface area contributed by atoms with Crippen molar-refractivity contribution in [1.82, 2.24) is 4.98 Å². The van der Waals surface area contributed by atoms with E-state index in [1.807, 2.05) is 6.92 Å². The lowest BCUT2D eigenvalue weighted by molar-refractivity contribution is 0.102. The highest BCUT2D eigenvalue weighted by Crippen LogP contribution is 2.16. The number of carbonyl (C=O) groups excluding carboxylic acids is 2. The summed E-state index contributed by atoms with van der Waals surface area (Å²) in [5.41, 5.74) is 3.03. The number of aldehydes is 1. The van der Waals surface area contributed by atoms with Gasteiger partial charge >= 0.3 is 0 Å². The standard InChI is InChI=1S/C16H15FN2O2/c1-10-3-4-13(7-12(10)9-20)19-16(21)15-6-5-14(8-17)18-11(15)2/h3-7,9H,8H2,1-2H3,(H,19,21). The molecule has 0 aliphatic carbocycles. The van der Waals surface area contributed by atoms with Gasteiger partial charge in [0.2, 0.25) is 0 Å². The fourth-order valence-corrected chi connectivity index (χ4v) is 1.97. The molecule has 0 aliphatic heterocycles. The highest BCUT2D eigenvalue weighted by molar-refractivity contribution is 6.05. The number of aromatic nitrogens is 1. The van der Waals surface area contributed by atoms with Crippen molar-refractivity contribution in [3.05, 3.63) is 58.4 Å². The van der Waals surface area contributed by atoms with Crippen LogP contribution in [-0.4, -0.2) is 17.2 Å². The zero-order valence-corrected chi connectivity index (χ0v) is 11.8. The van der Waals surface area contributed by atoms with Crippen molar-refractivity contribution in [2.45, 2.75) is 20.5 Å². The number of alkyl halides is 1. The van der Waals surface area contributed by atoms with Crippen molar-refractivity contribution in [1.29, 1.82) is 0 Å². The topological polar surface area (TPSA) is 59.1 Å². The molecule has 108 valence electrons. The maximum absolute atomic E-state index is 12.5. The maximum Gasteiger partial charge on any atom is 0.257 e. The number of hydrogen-bond donors (Lipinski definition) is 1. The second-order valence-corrected chi connectivity index (χ2v) is 4.71. The summed E-state index contributed by atoms with van der Waals surface area (Å²) >= 11 is 0. The molecule has 5 heteroatoms.